The molecule has 0 aliphatic rings. The Morgan fingerprint density at radius 3 is 2.90 bits per heavy atom. The molecular formula is C14H10FN3OS. The average Bonchev–Trinajstić information content (AvgIpc) is 2.95. The van der Waals surface area contributed by atoms with Gasteiger partial charge in [0.05, 0.1) is 5.56 Å². The first-order valence-electron chi connectivity index (χ1n) is 5.92. The van der Waals surface area contributed by atoms with E-state index in [-0.39, 0.29) is 5.82 Å². The Morgan fingerprint density at radius 1 is 1.15 bits per heavy atom. The summed E-state index contributed by atoms with van der Waals surface area (Å²) in [6.45, 7) is 0. The van der Waals surface area contributed by atoms with Gasteiger partial charge in [0.2, 0.25) is 5.89 Å². The summed E-state index contributed by atoms with van der Waals surface area (Å²) in [4.78, 5) is 4.00. The van der Waals surface area contributed by atoms with E-state index in [4.69, 9.17) is 4.42 Å². The van der Waals surface area contributed by atoms with Crippen molar-refractivity contribution in [1.29, 1.82) is 0 Å². The summed E-state index contributed by atoms with van der Waals surface area (Å²) in [6.07, 6.45) is 3.34. The zero-order valence-corrected chi connectivity index (χ0v) is 11.2. The van der Waals surface area contributed by atoms with E-state index in [2.05, 4.69) is 15.2 Å². The van der Waals surface area contributed by atoms with Crippen LogP contribution in [0, 0.1) is 5.82 Å². The van der Waals surface area contributed by atoms with Gasteiger partial charge in [-0.2, -0.15) is 0 Å². The van der Waals surface area contributed by atoms with E-state index >= 15 is 0 Å². The molecular weight excluding hydrogens is 277 g/mol. The van der Waals surface area contributed by atoms with Crippen molar-refractivity contribution in [3.8, 4) is 11.5 Å². The molecule has 0 bridgehead atoms. The number of hydrogen-bond acceptors (Lipinski definition) is 5. The quantitative estimate of drug-likeness (QED) is 0.687. The monoisotopic (exact) mass is 287 g/mol. The van der Waals surface area contributed by atoms with E-state index in [1.54, 1.807) is 24.5 Å². The maximum atomic E-state index is 13.1. The molecule has 0 aliphatic heterocycles. The summed E-state index contributed by atoms with van der Waals surface area (Å²) in [5, 5.41) is 8.37. The number of halogens is 1. The lowest BCUT2D eigenvalue weighted by Crippen LogP contribution is -1.82. The number of aromatic nitrogens is 3. The smallest absolute Gasteiger partial charge is 0.277 e. The molecule has 0 saturated heterocycles. The van der Waals surface area contributed by atoms with Crippen LogP contribution in [0.2, 0.25) is 0 Å². The Labute approximate surface area is 119 Å². The van der Waals surface area contributed by atoms with Gasteiger partial charge in [-0.25, -0.2) is 4.39 Å². The first kappa shape index (κ1) is 12.8. The molecule has 0 N–H and O–H groups in total. The van der Waals surface area contributed by atoms with Crippen LogP contribution in [0.4, 0.5) is 4.39 Å². The third-order valence-corrected chi connectivity index (χ3v) is 3.46. The summed E-state index contributed by atoms with van der Waals surface area (Å²) in [5.41, 5.74) is 1.65. The lowest BCUT2D eigenvalue weighted by Gasteiger charge is -1.97. The van der Waals surface area contributed by atoms with Crippen LogP contribution in [0.1, 0.15) is 5.56 Å². The van der Waals surface area contributed by atoms with Crippen molar-refractivity contribution in [3.05, 3.63) is 60.2 Å². The molecule has 1 aromatic carbocycles. The predicted octanol–water partition coefficient (Wildman–Crippen LogP) is 3.56. The Kier molecular flexibility index (Phi) is 3.73. The third kappa shape index (κ3) is 3.03. The van der Waals surface area contributed by atoms with E-state index in [1.165, 1.54) is 23.9 Å². The molecule has 3 rings (SSSR count). The van der Waals surface area contributed by atoms with Crippen LogP contribution in [0.25, 0.3) is 11.5 Å². The zero-order valence-electron chi connectivity index (χ0n) is 10.4. The average molecular weight is 287 g/mol. The molecule has 0 amide bonds. The van der Waals surface area contributed by atoms with E-state index < -0.39 is 0 Å². The van der Waals surface area contributed by atoms with Crippen molar-refractivity contribution >= 4 is 11.8 Å². The Hall–Kier alpha value is -2.21. The largest absolute Gasteiger partial charge is 0.411 e. The topological polar surface area (TPSA) is 51.8 Å². The molecule has 2 heterocycles. The predicted molar refractivity (Wildman–Crippen MR) is 73.5 cm³/mol. The number of pyridine rings is 1. The summed E-state index contributed by atoms with van der Waals surface area (Å²) in [7, 11) is 0. The highest BCUT2D eigenvalue weighted by molar-refractivity contribution is 7.98. The molecule has 0 aliphatic carbocycles. The van der Waals surface area contributed by atoms with Crippen molar-refractivity contribution in [2.75, 3.05) is 0 Å². The summed E-state index contributed by atoms with van der Waals surface area (Å²) in [6, 6.07) is 10.1. The van der Waals surface area contributed by atoms with Gasteiger partial charge in [0.25, 0.3) is 5.22 Å². The standard InChI is InChI=1S/C14H10FN3OS/c15-12-5-1-3-10(7-12)9-20-14-18-17-13(19-14)11-4-2-6-16-8-11/h1-8H,9H2. The Morgan fingerprint density at radius 2 is 2.10 bits per heavy atom. The minimum absolute atomic E-state index is 0.246. The van der Waals surface area contributed by atoms with Crippen molar-refractivity contribution < 1.29 is 8.81 Å². The SMILES string of the molecule is Fc1cccc(CSc2nnc(-c3cccnc3)o2)c1. The van der Waals surface area contributed by atoms with Crippen LogP contribution in [-0.4, -0.2) is 15.2 Å². The van der Waals surface area contributed by atoms with E-state index in [0.717, 1.165) is 11.1 Å². The second-order valence-corrected chi connectivity index (χ2v) is 4.96. The number of benzene rings is 1. The Bertz CT molecular complexity index is 702. The van der Waals surface area contributed by atoms with Gasteiger partial charge in [0.1, 0.15) is 5.82 Å². The van der Waals surface area contributed by atoms with Gasteiger partial charge < -0.3 is 4.42 Å². The molecule has 2 aromatic heterocycles. The molecule has 0 atom stereocenters. The lowest BCUT2D eigenvalue weighted by atomic mass is 10.2. The second kappa shape index (κ2) is 5.83. The van der Waals surface area contributed by atoms with E-state index in [0.29, 0.717) is 16.9 Å². The molecule has 3 aromatic rings. The van der Waals surface area contributed by atoms with Gasteiger partial charge in [-0.05, 0) is 29.8 Å². The molecule has 0 fully saturated rings. The fourth-order valence-electron chi connectivity index (χ4n) is 1.65. The maximum absolute atomic E-state index is 13.1. The molecule has 100 valence electrons. The normalized spacial score (nSPS) is 10.7. The first-order valence-corrected chi connectivity index (χ1v) is 6.91. The van der Waals surface area contributed by atoms with Gasteiger partial charge in [0, 0.05) is 18.1 Å². The van der Waals surface area contributed by atoms with Gasteiger partial charge in [-0.15, -0.1) is 10.2 Å². The molecule has 6 heteroatoms. The van der Waals surface area contributed by atoms with Gasteiger partial charge >= 0.3 is 0 Å². The Balaban J connectivity index is 1.69. The molecule has 0 saturated carbocycles. The molecule has 20 heavy (non-hydrogen) atoms. The number of rotatable bonds is 4. The van der Waals surface area contributed by atoms with Crippen LogP contribution >= 0.6 is 11.8 Å². The van der Waals surface area contributed by atoms with Gasteiger partial charge in [-0.3, -0.25) is 4.98 Å². The van der Waals surface area contributed by atoms with Crippen LogP contribution in [0.3, 0.4) is 0 Å². The number of nitrogens with zero attached hydrogens (tertiary/aromatic N) is 3. The van der Waals surface area contributed by atoms with Crippen LogP contribution in [0.15, 0.2) is 58.4 Å². The summed E-state index contributed by atoms with van der Waals surface area (Å²) < 4.78 is 18.6. The van der Waals surface area contributed by atoms with Gasteiger partial charge in [-0.1, -0.05) is 23.9 Å². The van der Waals surface area contributed by atoms with Crippen LogP contribution < -0.4 is 0 Å². The van der Waals surface area contributed by atoms with Crippen molar-refractivity contribution in [2.24, 2.45) is 0 Å². The summed E-state index contributed by atoms with van der Waals surface area (Å²) in [5.74, 6) is 0.761. The highest BCUT2D eigenvalue weighted by Crippen LogP contribution is 2.25. The fraction of sp³-hybridized carbons (Fsp3) is 0.0714. The van der Waals surface area contributed by atoms with Crippen molar-refractivity contribution in [2.45, 2.75) is 11.0 Å². The molecule has 0 radical (unpaired) electrons. The van der Waals surface area contributed by atoms with E-state index in [9.17, 15) is 4.39 Å². The maximum Gasteiger partial charge on any atom is 0.277 e. The number of thioether (sulfide) groups is 1. The highest BCUT2D eigenvalue weighted by Gasteiger charge is 2.09. The minimum Gasteiger partial charge on any atom is -0.411 e. The van der Waals surface area contributed by atoms with Crippen molar-refractivity contribution in [1.82, 2.24) is 15.2 Å². The van der Waals surface area contributed by atoms with Crippen molar-refractivity contribution in [3.63, 3.8) is 0 Å². The van der Waals surface area contributed by atoms with Crippen LogP contribution in [-0.2, 0) is 5.75 Å². The highest BCUT2D eigenvalue weighted by atomic mass is 32.2. The molecule has 0 spiro atoms. The van der Waals surface area contributed by atoms with Crippen LogP contribution in [0.5, 0.6) is 0 Å². The van der Waals surface area contributed by atoms with Gasteiger partial charge in [0.15, 0.2) is 0 Å². The fourth-order valence-corrected chi connectivity index (χ4v) is 2.35. The molecule has 4 nitrogen and oxygen atoms in total. The first-order chi connectivity index (χ1) is 9.81. The summed E-state index contributed by atoms with van der Waals surface area (Å²) >= 11 is 1.37. The second-order valence-electron chi connectivity index (χ2n) is 4.03. The zero-order chi connectivity index (χ0) is 13.8. The third-order valence-electron chi connectivity index (χ3n) is 2.57. The lowest BCUT2D eigenvalue weighted by molar-refractivity contribution is 0.465. The number of hydrogen-bond donors (Lipinski definition) is 0. The van der Waals surface area contributed by atoms with E-state index in [1.807, 2.05) is 12.1 Å². The molecule has 0 unspecified atom stereocenters. The minimum atomic E-state index is -0.246.